The Labute approximate surface area is 96.2 Å². The average Bonchev–Trinajstić information content (AvgIpc) is 2.35. The molecule has 3 heteroatoms. The zero-order chi connectivity index (χ0) is 11.7. The summed E-state index contributed by atoms with van der Waals surface area (Å²) in [6.07, 6.45) is 2.49. The largest absolute Gasteiger partial charge is 0.399 e. The fourth-order valence-corrected chi connectivity index (χ4v) is 2.29. The van der Waals surface area contributed by atoms with Crippen molar-refractivity contribution in [3.63, 3.8) is 0 Å². The monoisotopic (exact) mass is 218 g/mol. The van der Waals surface area contributed by atoms with Crippen molar-refractivity contribution in [2.24, 2.45) is 0 Å². The smallest absolute Gasteiger partial charge is 0.227 e. The van der Waals surface area contributed by atoms with Crippen LogP contribution >= 0.6 is 0 Å². The number of anilines is 2. The van der Waals surface area contributed by atoms with Crippen LogP contribution in [0.3, 0.4) is 0 Å². The Bertz CT molecular complexity index is 412. The number of amides is 1. The predicted octanol–water partition coefficient (Wildman–Crippen LogP) is 2.35. The summed E-state index contributed by atoms with van der Waals surface area (Å²) in [6, 6.07) is 6.03. The molecule has 0 radical (unpaired) electrons. The van der Waals surface area contributed by atoms with E-state index in [0.29, 0.717) is 6.42 Å². The molecular weight excluding hydrogens is 200 g/mol. The summed E-state index contributed by atoms with van der Waals surface area (Å²) in [5.74, 6) is 0.221. The van der Waals surface area contributed by atoms with Gasteiger partial charge in [-0.25, -0.2) is 0 Å². The standard InChI is InChI=1S/C13H18N2O/c1-9(2)15-12-7-6-11(14)8-10(12)4-3-5-13(15)16/h6-9H,3-5,14H2,1-2H3. The van der Waals surface area contributed by atoms with E-state index in [1.807, 2.05) is 36.9 Å². The first-order valence-corrected chi connectivity index (χ1v) is 5.80. The van der Waals surface area contributed by atoms with Gasteiger partial charge in [-0.05, 0) is 50.5 Å². The van der Waals surface area contributed by atoms with Gasteiger partial charge in [0, 0.05) is 23.8 Å². The van der Waals surface area contributed by atoms with Crippen LogP contribution in [0.4, 0.5) is 11.4 Å². The van der Waals surface area contributed by atoms with Crippen LogP contribution in [0.25, 0.3) is 0 Å². The lowest BCUT2D eigenvalue weighted by Gasteiger charge is -2.27. The molecule has 3 nitrogen and oxygen atoms in total. The summed E-state index contributed by atoms with van der Waals surface area (Å²) in [5, 5.41) is 0. The van der Waals surface area contributed by atoms with Crippen LogP contribution in [0.15, 0.2) is 18.2 Å². The molecule has 1 heterocycles. The minimum atomic E-state index is 0.202. The number of nitrogens with two attached hydrogens (primary N) is 1. The quantitative estimate of drug-likeness (QED) is 0.735. The molecule has 2 rings (SSSR count). The lowest BCUT2D eigenvalue weighted by atomic mass is 10.1. The van der Waals surface area contributed by atoms with E-state index in [4.69, 9.17) is 5.73 Å². The van der Waals surface area contributed by atoms with Gasteiger partial charge in [0.1, 0.15) is 0 Å². The summed E-state index contributed by atoms with van der Waals surface area (Å²) < 4.78 is 0. The molecule has 0 bridgehead atoms. The zero-order valence-corrected chi connectivity index (χ0v) is 9.86. The average molecular weight is 218 g/mol. The van der Waals surface area contributed by atoms with Gasteiger partial charge in [0.2, 0.25) is 5.91 Å². The van der Waals surface area contributed by atoms with Crippen molar-refractivity contribution < 1.29 is 4.79 Å². The molecule has 0 aliphatic carbocycles. The molecule has 0 unspecified atom stereocenters. The van der Waals surface area contributed by atoms with E-state index < -0.39 is 0 Å². The number of fused-ring (bicyclic) bond motifs is 1. The third-order valence-electron chi connectivity index (χ3n) is 2.98. The molecule has 0 fully saturated rings. The van der Waals surface area contributed by atoms with Crippen molar-refractivity contribution in [1.82, 2.24) is 0 Å². The molecule has 0 spiro atoms. The Kier molecular flexibility index (Phi) is 2.86. The molecule has 1 amide bonds. The zero-order valence-electron chi connectivity index (χ0n) is 9.86. The summed E-state index contributed by atoms with van der Waals surface area (Å²) in [7, 11) is 0. The Morgan fingerprint density at radius 2 is 2.06 bits per heavy atom. The van der Waals surface area contributed by atoms with Crippen molar-refractivity contribution in [1.29, 1.82) is 0 Å². The molecule has 86 valence electrons. The van der Waals surface area contributed by atoms with Crippen molar-refractivity contribution in [3.05, 3.63) is 23.8 Å². The predicted molar refractivity (Wildman–Crippen MR) is 66.4 cm³/mol. The minimum absolute atomic E-state index is 0.202. The van der Waals surface area contributed by atoms with Crippen LogP contribution < -0.4 is 10.6 Å². The van der Waals surface area contributed by atoms with E-state index in [1.54, 1.807) is 0 Å². The molecule has 0 atom stereocenters. The molecule has 0 saturated carbocycles. The highest BCUT2D eigenvalue weighted by atomic mass is 16.2. The van der Waals surface area contributed by atoms with E-state index in [2.05, 4.69) is 0 Å². The van der Waals surface area contributed by atoms with E-state index >= 15 is 0 Å². The Morgan fingerprint density at radius 1 is 1.31 bits per heavy atom. The van der Waals surface area contributed by atoms with Gasteiger partial charge in [-0.15, -0.1) is 0 Å². The number of benzene rings is 1. The number of carbonyl (C=O) groups is 1. The van der Waals surface area contributed by atoms with Gasteiger partial charge in [-0.2, -0.15) is 0 Å². The van der Waals surface area contributed by atoms with Gasteiger partial charge in [0.25, 0.3) is 0 Å². The second kappa shape index (κ2) is 4.16. The molecule has 2 N–H and O–H groups in total. The van der Waals surface area contributed by atoms with E-state index in [1.165, 1.54) is 5.56 Å². The summed E-state index contributed by atoms with van der Waals surface area (Å²) in [5.41, 5.74) is 8.79. The first-order valence-electron chi connectivity index (χ1n) is 5.80. The van der Waals surface area contributed by atoms with E-state index in [0.717, 1.165) is 24.2 Å². The molecule has 1 aliphatic heterocycles. The second-order valence-electron chi connectivity index (χ2n) is 4.60. The minimum Gasteiger partial charge on any atom is -0.399 e. The number of aryl methyl sites for hydroxylation is 1. The van der Waals surface area contributed by atoms with Crippen LogP contribution in [0.2, 0.25) is 0 Å². The molecule has 0 aromatic heterocycles. The van der Waals surface area contributed by atoms with Gasteiger partial charge in [0.15, 0.2) is 0 Å². The van der Waals surface area contributed by atoms with Crippen molar-refractivity contribution in [2.45, 2.75) is 39.2 Å². The normalized spacial score (nSPS) is 16.2. The highest BCUT2D eigenvalue weighted by Gasteiger charge is 2.24. The number of nitrogen functional groups attached to an aromatic ring is 1. The van der Waals surface area contributed by atoms with Crippen LogP contribution in [-0.4, -0.2) is 11.9 Å². The van der Waals surface area contributed by atoms with Crippen molar-refractivity contribution in [3.8, 4) is 0 Å². The maximum atomic E-state index is 12.0. The second-order valence-corrected chi connectivity index (χ2v) is 4.60. The number of carbonyl (C=O) groups excluding carboxylic acids is 1. The summed E-state index contributed by atoms with van der Waals surface area (Å²) >= 11 is 0. The first kappa shape index (κ1) is 11.0. The maximum absolute atomic E-state index is 12.0. The van der Waals surface area contributed by atoms with Gasteiger partial charge < -0.3 is 10.6 Å². The van der Waals surface area contributed by atoms with E-state index in [-0.39, 0.29) is 11.9 Å². The van der Waals surface area contributed by atoms with Gasteiger partial charge in [-0.1, -0.05) is 0 Å². The molecule has 16 heavy (non-hydrogen) atoms. The Morgan fingerprint density at radius 3 is 2.75 bits per heavy atom. The lowest BCUT2D eigenvalue weighted by Crippen LogP contribution is -2.36. The number of nitrogens with zero attached hydrogens (tertiary/aromatic N) is 1. The third-order valence-corrected chi connectivity index (χ3v) is 2.98. The third kappa shape index (κ3) is 1.90. The lowest BCUT2D eigenvalue weighted by molar-refractivity contribution is -0.118. The first-order chi connectivity index (χ1) is 7.59. The Hall–Kier alpha value is -1.51. The topological polar surface area (TPSA) is 46.3 Å². The molecule has 1 aromatic carbocycles. The van der Waals surface area contributed by atoms with E-state index in [9.17, 15) is 4.79 Å². The summed E-state index contributed by atoms with van der Waals surface area (Å²) in [4.78, 5) is 13.9. The van der Waals surface area contributed by atoms with Gasteiger partial charge in [-0.3, -0.25) is 4.79 Å². The Balaban J connectivity index is 2.50. The van der Waals surface area contributed by atoms with Crippen LogP contribution in [0.5, 0.6) is 0 Å². The van der Waals surface area contributed by atoms with Crippen LogP contribution in [-0.2, 0) is 11.2 Å². The van der Waals surface area contributed by atoms with Crippen LogP contribution in [0, 0.1) is 0 Å². The van der Waals surface area contributed by atoms with Crippen molar-refractivity contribution >= 4 is 17.3 Å². The fourth-order valence-electron chi connectivity index (χ4n) is 2.29. The van der Waals surface area contributed by atoms with Gasteiger partial charge >= 0.3 is 0 Å². The number of rotatable bonds is 1. The highest BCUT2D eigenvalue weighted by molar-refractivity contribution is 5.95. The fraction of sp³-hybridized carbons (Fsp3) is 0.462. The number of hydrogen-bond donors (Lipinski definition) is 1. The molecule has 1 aliphatic rings. The molecule has 0 saturated heterocycles. The molecular formula is C13H18N2O. The number of hydrogen-bond acceptors (Lipinski definition) is 2. The molecule has 1 aromatic rings. The highest BCUT2D eigenvalue weighted by Crippen LogP contribution is 2.30. The van der Waals surface area contributed by atoms with Crippen molar-refractivity contribution in [2.75, 3.05) is 10.6 Å². The van der Waals surface area contributed by atoms with Gasteiger partial charge in [0.05, 0.1) is 0 Å². The SMILES string of the molecule is CC(C)N1C(=O)CCCc2cc(N)ccc21. The van der Waals surface area contributed by atoms with Crippen LogP contribution in [0.1, 0.15) is 32.3 Å². The summed E-state index contributed by atoms with van der Waals surface area (Å²) in [6.45, 7) is 4.09. The maximum Gasteiger partial charge on any atom is 0.227 e.